The Hall–Kier alpha value is -1.49. The van der Waals surface area contributed by atoms with E-state index in [1.165, 1.54) is 6.92 Å². The highest BCUT2D eigenvalue weighted by molar-refractivity contribution is 6.32. The zero-order valence-corrected chi connectivity index (χ0v) is 12.1. The lowest BCUT2D eigenvalue weighted by atomic mass is 10.0. The minimum Gasteiger partial charge on any atom is -0.385 e. The lowest BCUT2D eigenvalue weighted by molar-refractivity contribution is -0.141. The van der Waals surface area contributed by atoms with Crippen LogP contribution in [0.15, 0.2) is 12.1 Å². The van der Waals surface area contributed by atoms with E-state index in [2.05, 4.69) is 10.3 Å². The van der Waals surface area contributed by atoms with E-state index in [1.807, 2.05) is 6.92 Å². The molecule has 1 aromatic heterocycles. The molecule has 0 unspecified atom stereocenters. The number of pyridine rings is 1. The van der Waals surface area contributed by atoms with Crippen molar-refractivity contribution in [3.8, 4) is 0 Å². The molecule has 0 bridgehead atoms. The average molecular weight is 303 g/mol. The van der Waals surface area contributed by atoms with Gasteiger partial charge in [0.1, 0.15) is 5.69 Å². The van der Waals surface area contributed by atoms with Crippen LogP contribution in [-0.4, -0.2) is 11.5 Å². The van der Waals surface area contributed by atoms with E-state index >= 15 is 0 Å². The molecule has 0 amide bonds. The summed E-state index contributed by atoms with van der Waals surface area (Å²) in [6, 6.07) is 3.37. The molecule has 108 valence electrons. The van der Waals surface area contributed by atoms with E-state index < -0.39 is 11.9 Å². The molecule has 0 saturated heterocycles. The second-order valence-electron chi connectivity index (χ2n) is 4.56. The molecule has 20 heavy (non-hydrogen) atoms. The van der Waals surface area contributed by atoms with Crippen LogP contribution < -0.4 is 5.32 Å². The number of nitrogens with zero attached hydrogens (tertiary/aromatic N) is 1. The van der Waals surface area contributed by atoms with Gasteiger partial charge in [-0.05, 0) is 38.5 Å². The monoisotopic (exact) mass is 302 g/mol. The molecule has 1 heterocycles. The smallest absolute Gasteiger partial charge is 0.385 e. The molecule has 0 radical (unpaired) electrons. The summed E-state index contributed by atoms with van der Waals surface area (Å²) >= 11 is 5.98. The first kappa shape index (κ1) is 14.9. The van der Waals surface area contributed by atoms with Crippen molar-refractivity contribution in [2.75, 3.05) is 11.9 Å². The number of hydrogen-bond donors (Lipinski definition) is 1. The summed E-state index contributed by atoms with van der Waals surface area (Å²) < 4.78 is 39.3. The number of aromatic nitrogens is 1. The van der Waals surface area contributed by atoms with E-state index in [1.54, 1.807) is 19.1 Å². The van der Waals surface area contributed by atoms with E-state index in [0.29, 0.717) is 28.2 Å². The Morgan fingerprint density at radius 2 is 1.85 bits per heavy atom. The number of nitrogens with one attached hydrogen (secondary N) is 1. The normalized spacial score (nSPS) is 11.9. The molecule has 0 aliphatic carbocycles. The predicted octanol–water partition coefficient (Wildman–Crippen LogP) is 4.96. The molecule has 0 fully saturated rings. The average Bonchev–Trinajstić information content (AvgIpc) is 2.35. The van der Waals surface area contributed by atoms with E-state index in [4.69, 9.17) is 11.6 Å². The van der Waals surface area contributed by atoms with Crippen molar-refractivity contribution in [3.63, 3.8) is 0 Å². The summed E-state index contributed by atoms with van der Waals surface area (Å²) in [7, 11) is 0. The van der Waals surface area contributed by atoms with Crippen LogP contribution in [0.1, 0.15) is 23.7 Å². The molecule has 6 heteroatoms. The molecule has 1 aromatic carbocycles. The lowest BCUT2D eigenvalue weighted by Crippen LogP contribution is -2.14. The second-order valence-corrected chi connectivity index (χ2v) is 4.96. The third-order valence-corrected chi connectivity index (χ3v) is 3.62. The Labute approximate surface area is 120 Å². The molecule has 0 aliphatic heterocycles. The first-order valence-electron chi connectivity index (χ1n) is 6.17. The number of halogens is 4. The van der Waals surface area contributed by atoms with E-state index in [9.17, 15) is 13.2 Å². The fourth-order valence-electron chi connectivity index (χ4n) is 2.22. The number of fused-ring (bicyclic) bond motifs is 1. The third-order valence-electron chi connectivity index (χ3n) is 3.21. The number of anilines is 1. The lowest BCUT2D eigenvalue weighted by Gasteiger charge is -2.18. The Kier molecular flexibility index (Phi) is 3.82. The van der Waals surface area contributed by atoms with Gasteiger partial charge in [-0.15, -0.1) is 0 Å². The highest BCUT2D eigenvalue weighted by Crippen LogP contribution is 2.38. The van der Waals surface area contributed by atoms with Crippen molar-refractivity contribution in [1.29, 1.82) is 0 Å². The highest BCUT2D eigenvalue weighted by atomic mass is 35.5. The number of rotatable bonds is 2. The van der Waals surface area contributed by atoms with Gasteiger partial charge in [0.05, 0.1) is 5.52 Å². The van der Waals surface area contributed by atoms with Crippen LogP contribution >= 0.6 is 11.6 Å². The summed E-state index contributed by atoms with van der Waals surface area (Å²) in [5.74, 6) is 0. The number of benzene rings is 1. The quantitative estimate of drug-likeness (QED) is 0.848. The Bertz CT molecular complexity index is 666. The van der Waals surface area contributed by atoms with Gasteiger partial charge >= 0.3 is 6.18 Å². The van der Waals surface area contributed by atoms with Crippen LogP contribution in [0.25, 0.3) is 10.9 Å². The van der Waals surface area contributed by atoms with Gasteiger partial charge in [-0.3, -0.25) is 0 Å². The minimum absolute atomic E-state index is 0.105. The first-order valence-corrected chi connectivity index (χ1v) is 6.55. The summed E-state index contributed by atoms with van der Waals surface area (Å²) in [6.07, 6.45) is -4.49. The molecule has 2 rings (SSSR count). The van der Waals surface area contributed by atoms with Gasteiger partial charge in [-0.25, -0.2) is 4.98 Å². The van der Waals surface area contributed by atoms with Crippen molar-refractivity contribution >= 4 is 28.2 Å². The maximum atomic E-state index is 13.1. The van der Waals surface area contributed by atoms with E-state index in [-0.39, 0.29) is 11.1 Å². The van der Waals surface area contributed by atoms with Gasteiger partial charge in [-0.1, -0.05) is 11.6 Å². The molecular formula is C14H14ClF3N2. The van der Waals surface area contributed by atoms with Gasteiger partial charge in [0.15, 0.2) is 0 Å². The number of hydrogen-bond acceptors (Lipinski definition) is 2. The molecule has 0 spiro atoms. The fourth-order valence-corrected chi connectivity index (χ4v) is 2.37. The highest BCUT2D eigenvalue weighted by Gasteiger charge is 2.36. The molecular weight excluding hydrogens is 289 g/mol. The minimum atomic E-state index is -4.49. The van der Waals surface area contributed by atoms with Crippen LogP contribution in [0.5, 0.6) is 0 Å². The Morgan fingerprint density at radius 3 is 2.40 bits per heavy atom. The van der Waals surface area contributed by atoms with Crippen LogP contribution in [-0.2, 0) is 6.18 Å². The maximum absolute atomic E-state index is 13.1. The van der Waals surface area contributed by atoms with Crippen molar-refractivity contribution in [1.82, 2.24) is 4.98 Å². The number of alkyl halides is 3. The maximum Gasteiger partial charge on any atom is 0.433 e. The first-order chi connectivity index (χ1) is 9.27. The standard InChI is InChI=1S/C14H14ClF3N2/c1-4-19-11-8(3)13(14(16,17)18)20-12-7(2)10(15)6-5-9(11)12/h5-6H,4H2,1-3H3,(H,19,20). The topological polar surface area (TPSA) is 24.9 Å². The zero-order chi connectivity index (χ0) is 15.1. The van der Waals surface area contributed by atoms with E-state index in [0.717, 1.165) is 0 Å². The largest absolute Gasteiger partial charge is 0.433 e. The summed E-state index contributed by atoms with van der Waals surface area (Å²) in [5, 5.41) is 4.05. The number of aryl methyl sites for hydroxylation is 1. The van der Waals surface area contributed by atoms with Crippen LogP contribution in [0.3, 0.4) is 0 Å². The van der Waals surface area contributed by atoms with Crippen molar-refractivity contribution in [2.45, 2.75) is 26.9 Å². The zero-order valence-electron chi connectivity index (χ0n) is 11.3. The molecule has 1 N–H and O–H groups in total. The van der Waals surface area contributed by atoms with Gasteiger partial charge in [0, 0.05) is 28.2 Å². The summed E-state index contributed by atoms with van der Waals surface area (Å²) in [4.78, 5) is 3.80. The SMILES string of the molecule is CCNc1c(C)c(C(F)(F)F)nc2c(C)c(Cl)ccc12. The molecule has 2 aromatic rings. The van der Waals surface area contributed by atoms with Gasteiger partial charge in [-0.2, -0.15) is 13.2 Å². The molecule has 0 aliphatic rings. The molecule has 0 atom stereocenters. The fraction of sp³-hybridized carbons (Fsp3) is 0.357. The van der Waals surface area contributed by atoms with Crippen LogP contribution in [0.2, 0.25) is 5.02 Å². The van der Waals surface area contributed by atoms with Gasteiger partial charge < -0.3 is 5.32 Å². The Balaban J connectivity index is 2.91. The summed E-state index contributed by atoms with van der Waals surface area (Å²) in [6.45, 7) is 5.46. The van der Waals surface area contributed by atoms with Crippen molar-refractivity contribution in [3.05, 3.63) is 34.0 Å². The van der Waals surface area contributed by atoms with Crippen molar-refractivity contribution in [2.24, 2.45) is 0 Å². The second kappa shape index (κ2) is 5.13. The van der Waals surface area contributed by atoms with Crippen molar-refractivity contribution < 1.29 is 13.2 Å². The summed E-state index contributed by atoms with van der Waals surface area (Å²) in [5.41, 5.74) is 0.532. The van der Waals surface area contributed by atoms with Crippen LogP contribution in [0, 0.1) is 13.8 Å². The van der Waals surface area contributed by atoms with Gasteiger partial charge in [0.2, 0.25) is 0 Å². The molecule has 2 nitrogen and oxygen atoms in total. The molecule has 0 saturated carbocycles. The Morgan fingerprint density at radius 1 is 1.20 bits per heavy atom. The predicted molar refractivity (Wildman–Crippen MR) is 75.4 cm³/mol. The van der Waals surface area contributed by atoms with Gasteiger partial charge in [0.25, 0.3) is 0 Å². The van der Waals surface area contributed by atoms with Crippen LogP contribution in [0.4, 0.5) is 18.9 Å². The third kappa shape index (κ3) is 2.42.